The van der Waals surface area contributed by atoms with Gasteiger partial charge in [-0.25, -0.2) is 0 Å². The van der Waals surface area contributed by atoms with Crippen LogP contribution in [0.2, 0.25) is 0 Å². The second-order valence-corrected chi connectivity index (χ2v) is 4.44. The van der Waals surface area contributed by atoms with Gasteiger partial charge in [0.25, 0.3) is 5.24 Å². The molecule has 1 aromatic rings. The van der Waals surface area contributed by atoms with Crippen LogP contribution in [0.4, 0.5) is 0 Å². The van der Waals surface area contributed by atoms with E-state index in [2.05, 4.69) is 31.0 Å². The summed E-state index contributed by atoms with van der Waals surface area (Å²) in [6.45, 7) is 8.00. The molecule has 0 bridgehead atoms. The number of nitrogens with one attached hydrogen (secondary N) is 1. The summed E-state index contributed by atoms with van der Waals surface area (Å²) in [5.74, 6) is 0. The molecule has 0 aliphatic carbocycles. The van der Waals surface area contributed by atoms with Crippen molar-refractivity contribution in [2.24, 2.45) is 0 Å². The van der Waals surface area contributed by atoms with Gasteiger partial charge in [0.1, 0.15) is 5.69 Å². The molecule has 1 rings (SSSR count). The topological polar surface area (TPSA) is 45.8 Å². The number of carbonyl (C=O) groups is 1. The first-order valence-electron chi connectivity index (χ1n) is 4.09. The van der Waals surface area contributed by atoms with Crippen LogP contribution in [-0.4, -0.2) is 15.4 Å². The molecule has 1 aromatic heterocycles. The molecule has 0 radical (unpaired) electrons. The molecule has 4 heteroatoms. The van der Waals surface area contributed by atoms with Gasteiger partial charge in [-0.05, 0) is 18.5 Å². The molecule has 0 aliphatic heterocycles. The summed E-state index contributed by atoms with van der Waals surface area (Å²) in [7, 11) is 0. The zero-order chi connectivity index (χ0) is 10.2. The Bertz CT molecular complexity index is 336. The van der Waals surface area contributed by atoms with Gasteiger partial charge in [-0.15, -0.1) is 0 Å². The lowest BCUT2D eigenvalue weighted by molar-refractivity contribution is 0.107. The third kappa shape index (κ3) is 1.91. The van der Waals surface area contributed by atoms with Gasteiger partial charge in [-0.1, -0.05) is 20.8 Å². The minimum absolute atomic E-state index is 0.0400. The molecule has 0 saturated carbocycles. The molecule has 0 fully saturated rings. The minimum Gasteiger partial charge on any atom is -0.281 e. The first kappa shape index (κ1) is 10.3. The second-order valence-electron chi connectivity index (χ2n) is 4.10. The highest BCUT2D eigenvalue weighted by atomic mass is 35.5. The van der Waals surface area contributed by atoms with Crippen LogP contribution < -0.4 is 0 Å². The predicted molar refractivity (Wildman–Crippen MR) is 52.2 cm³/mol. The maximum absolute atomic E-state index is 10.9. The molecule has 0 amide bonds. The second kappa shape index (κ2) is 3.14. The van der Waals surface area contributed by atoms with E-state index >= 15 is 0 Å². The lowest BCUT2D eigenvalue weighted by Gasteiger charge is -2.16. The van der Waals surface area contributed by atoms with Crippen molar-refractivity contribution in [2.45, 2.75) is 33.1 Å². The first-order valence-corrected chi connectivity index (χ1v) is 4.47. The number of halogens is 1. The number of hydrogen-bond acceptors (Lipinski definition) is 2. The Morgan fingerprint density at radius 1 is 1.46 bits per heavy atom. The number of hydrogen-bond donors (Lipinski definition) is 1. The number of nitrogens with zero attached hydrogens (tertiary/aromatic N) is 1. The Labute approximate surface area is 82.5 Å². The van der Waals surface area contributed by atoms with Crippen molar-refractivity contribution in [1.29, 1.82) is 0 Å². The fraction of sp³-hybridized carbons (Fsp3) is 0.556. The van der Waals surface area contributed by atoms with Crippen molar-refractivity contribution in [1.82, 2.24) is 10.2 Å². The molecule has 13 heavy (non-hydrogen) atoms. The number of carbonyl (C=O) groups excluding carboxylic acids is 1. The Morgan fingerprint density at radius 2 is 2.00 bits per heavy atom. The number of rotatable bonds is 1. The molecule has 3 nitrogen and oxygen atoms in total. The molecule has 72 valence electrons. The summed E-state index contributed by atoms with van der Waals surface area (Å²) < 4.78 is 0. The zero-order valence-electron chi connectivity index (χ0n) is 8.23. The van der Waals surface area contributed by atoms with Crippen molar-refractivity contribution in [3.63, 3.8) is 0 Å². The van der Waals surface area contributed by atoms with Crippen LogP contribution in [0.5, 0.6) is 0 Å². The number of aromatic nitrogens is 2. The van der Waals surface area contributed by atoms with Crippen molar-refractivity contribution in [2.75, 3.05) is 0 Å². The standard InChI is InChI=1S/C9H13ClN2O/c1-5-6(8(10)13)11-12-7(5)9(2,3)4/h1-4H3,(H,11,12). The summed E-state index contributed by atoms with van der Waals surface area (Å²) >= 11 is 5.35. The van der Waals surface area contributed by atoms with E-state index in [4.69, 9.17) is 11.6 Å². The quantitative estimate of drug-likeness (QED) is 0.708. The monoisotopic (exact) mass is 200 g/mol. The molecule has 0 unspecified atom stereocenters. The molecular weight excluding hydrogens is 188 g/mol. The van der Waals surface area contributed by atoms with Crippen molar-refractivity contribution in [3.05, 3.63) is 17.0 Å². The van der Waals surface area contributed by atoms with Gasteiger partial charge < -0.3 is 0 Å². The average Bonchev–Trinajstić information content (AvgIpc) is 2.28. The Hall–Kier alpha value is -0.830. The van der Waals surface area contributed by atoms with Crippen molar-refractivity contribution in [3.8, 4) is 0 Å². The minimum atomic E-state index is -0.510. The van der Waals surface area contributed by atoms with Crippen LogP contribution >= 0.6 is 11.6 Å². The van der Waals surface area contributed by atoms with E-state index in [1.807, 2.05) is 6.92 Å². The average molecular weight is 201 g/mol. The van der Waals surface area contributed by atoms with Crippen molar-refractivity contribution < 1.29 is 4.79 Å². The maximum atomic E-state index is 10.9. The molecule has 0 spiro atoms. The Morgan fingerprint density at radius 3 is 2.23 bits per heavy atom. The predicted octanol–water partition coefficient (Wildman–Crippen LogP) is 2.39. The molecule has 1 N–H and O–H groups in total. The molecule has 0 aliphatic rings. The van der Waals surface area contributed by atoms with Crippen LogP contribution in [0.3, 0.4) is 0 Å². The summed E-state index contributed by atoms with van der Waals surface area (Å²) in [4.78, 5) is 10.9. The fourth-order valence-electron chi connectivity index (χ4n) is 1.32. The largest absolute Gasteiger partial charge is 0.281 e. The van der Waals surface area contributed by atoms with Crippen molar-refractivity contribution >= 4 is 16.8 Å². The smallest absolute Gasteiger partial charge is 0.272 e. The highest BCUT2D eigenvalue weighted by Gasteiger charge is 2.22. The molecule has 0 atom stereocenters. The Kier molecular flexibility index (Phi) is 2.48. The lowest BCUT2D eigenvalue weighted by atomic mass is 9.89. The fourth-order valence-corrected chi connectivity index (χ4v) is 1.50. The number of H-pyrrole nitrogens is 1. The van der Waals surface area contributed by atoms with E-state index in [1.54, 1.807) is 0 Å². The number of aromatic amines is 1. The summed E-state index contributed by atoms with van der Waals surface area (Å²) in [5.41, 5.74) is 2.08. The zero-order valence-corrected chi connectivity index (χ0v) is 8.99. The highest BCUT2D eigenvalue weighted by molar-refractivity contribution is 6.67. The van der Waals surface area contributed by atoms with Gasteiger partial charge in [0.2, 0.25) is 0 Å². The third-order valence-electron chi connectivity index (χ3n) is 1.95. The van der Waals surface area contributed by atoms with Crippen LogP contribution in [0, 0.1) is 6.92 Å². The third-order valence-corrected chi connectivity index (χ3v) is 2.12. The van der Waals surface area contributed by atoms with Gasteiger partial charge >= 0.3 is 0 Å². The van der Waals surface area contributed by atoms with E-state index in [0.29, 0.717) is 5.69 Å². The van der Waals surface area contributed by atoms with Crippen LogP contribution in [0.15, 0.2) is 0 Å². The summed E-state index contributed by atoms with van der Waals surface area (Å²) in [6, 6.07) is 0. The van der Waals surface area contributed by atoms with Gasteiger partial charge in [0.05, 0.1) is 0 Å². The van der Waals surface area contributed by atoms with Gasteiger partial charge in [0, 0.05) is 16.7 Å². The molecule has 0 saturated heterocycles. The van der Waals surface area contributed by atoms with Gasteiger partial charge in [0.15, 0.2) is 0 Å². The maximum Gasteiger partial charge on any atom is 0.272 e. The Balaban J connectivity index is 3.22. The van der Waals surface area contributed by atoms with E-state index in [1.165, 1.54) is 0 Å². The lowest BCUT2D eigenvalue weighted by Crippen LogP contribution is -2.13. The highest BCUT2D eigenvalue weighted by Crippen LogP contribution is 2.25. The van der Waals surface area contributed by atoms with Crippen LogP contribution in [0.1, 0.15) is 42.5 Å². The van der Waals surface area contributed by atoms with E-state index in [-0.39, 0.29) is 5.41 Å². The van der Waals surface area contributed by atoms with Crippen LogP contribution in [0.25, 0.3) is 0 Å². The summed E-state index contributed by atoms with van der Waals surface area (Å²) in [5, 5.41) is 6.21. The first-order chi connectivity index (χ1) is 5.84. The molecular formula is C9H13ClN2O. The van der Waals surface area contributed by atoms with Gasteiger partial charge in [-0.2, -0.15) is 5.10 Å². The molecule has 0 aromatic carbocycles. The van der Waals surface area contributed by atoms with E-state index < -0.39 is 5.24 Å². The SMILES string of the molecule is Cc1c(C(=O)Cl)n[nH]c1C(C)(C)C. The van der Waals surface area contributed by atoms with E-state index in [0.717, 1.165) is 11.3 Å². The normalized spacial score (nSPS) is 11.8. The molecule has 1 heterocycles. The van der Waals surface area contributed by atoms with E-state index in [9.17, 15) is 4.79 Å². The van der Waals surface area contributed by atoms with Gasteiger partial charge in [-0.3, -0.25) is 9.89 Å². The van der Waals surface area contributed by atoms with Crippen LogP contribution in [-0.2, 0) is 5.41 Å². The summed E-state index contributed by atoms with van der Waals surface area (Å²) in [6.07, 6.45) is 0.